The smallest absolute Gasteiger partial charge is 0.318 e. The first-order chi connectivity index (χ1) is 27.6. The van der Waals surface area contributed by atoms with Crippen LogP contribution in [-0.2, 0) is 43.2 Å². The van der Waals surface area contributed by atoms with Gasteiger partial charge in [0.1, 0.15) is 11.5 Å². The van der Waals surface area contributed by atoms with Crippen LogP contribution in [0.3, 0.4) is 0 Å². The van der Waals surface area contributed by atoms with E-state index < -0.39 is 29.0 Å². The Morgan fingerprint density at radius 2 is 1.38 bits per heavy atom. The second-order valence-corrected chi connectivity index (χ2v) is 17.2. The Kier molecular flexibility index (Phi) is 8.44. The maximum atomic E-state index is 17.5. The van der Waals surface area contributed by atoms with Crippen molar-refractivity contribution >= 4 is 50.7 Å². The molecule has 0 bridgehead atoms. The van der Waals surface area contributed by atoms with Crippen LogP contribution >= 0.6 is 0 Å². The van der Waals surface area contributed by atoms with Gasteiger partial charge in [0.15, 0.2) is 0 Å². The number of aromatic nitrogens is 3. The molecule has 0 unspecified atom stereocenters. The van der Waals surface area contributed by atoms with Crippen molar-refractivity contribution in [2.75, 3.05) is 0 Å². The summed E-state index contributed by atoms with van der Waals surface area (Å²) in [6.07, 6.45) is 3.40. The Labute approximate surface area is 348 Å². The molecule has 7 aromatic rings. The monoisotopic (exact) mass is 928 g/mol. The number of pyridine rings is 2. The van der Waals surface area contributed by atoms with Gasteiger partial charge in [0, 0.05) is 41.6 Å². The number of hydrogen-bond acceptors (Lipinski definition) is 2. The molecular weight excluding hydrogens is 880 g/mol. The molecule has 0 N–H and O–H groups in total. The fraction of sp³-hybridized carbons (Fsp3) is 0.271. The summed E-state index contributed by atoms with van der Waals surface area (Å²) < 4.78 is 75.2. The van der Waals surface area contributed by atoms with Crippen molar-refractivity contribution in [1.29, 1.82) is 0 Å². The maximum Gasteiger partial charge on any atom is 2.00 e. The molecule has 0 amide bonds. The third kappa shape index (κ3) is 6.76. The van der Waals surface area contributed by atoms with Crippen LogP contribution in [0.1, 0.15) is 95.6 Å². The number of hydrogen-bond donors (Lipinski definition) is 0. The Hall–Kier alpha value is -5.09. The van der Waals surface area contributed by atoms with E-state index in [4.69, 9.17) is 5.48 Å². The van der Waals surface area contributed by atoms with Crippen molar-refractivity contribution in [3.8, 4) is 5.82 Å². The minimum absolute atomic E-state index is 0. The predicted molar refractivity (Wildman–Crippen MR) is 220 cm³/mol. The molecule has 1 aliphatic heterocycles. The molecular formula is C48H45F2N5Pt+2. The Morgan fingerprint density at radius 1 is 0.679 bits per heavy atom. The number of rotatable bonds is 5. The van der Waals surface area contributed by atoms with Crippen LogP contribution in [0.25, 0.3) is 27.8 Å². The maximum absolute atomic E-state index is 17.5. The third-order valence-electron chi connectivity index (χ3n) is 10.2. The van der Waals surface area contributed by atoms with Crippen molar-refractivity contribution in [2.45, 2.75) is 84.5 Å². The van der Waals surface area contributed by atoms with Gasteiger partial charge in [-0.3, -0.25) is 4.98 Å². The molecule has 56 heavy (non-hydrogen) atoms. The van der Waals surface area contributed by atoms with E-state index in [2.05, 4.69) is 69.7 Å². The van der Waals surface area contributed by atoms with Crippen molar-refractivity contribution < 1.29 is 35.3 Å². The van der Waals surface area contributed by atoms with Gasteiger partial charge in [-0.15, -0.1) is 11.6 Å². The molecule has 0 spiro atoms. The Bertz CT molecular complexity index is 2970. The molecule has 0 atom stereocenters. The first kappa shape index (κ1) is 34.2. The summed E-state index contributed by atoms with van der Waals surface area (Å²) in [6.45, 7) is 18.3. The molecule has 8 rings (SSSR count). The molecule has 0 radical (unpaired) electrons. The zero-order chi connectivity index (χ0) is 42.6. The van der Waals surface area contributed by atoms with Gasteiger partial charge >= 0.3 is 27.1 Å². The second-order valence-electron chi connectivity index (χ2n) is 17.2. The van der Waals surface area contributed by atoms with E-state index in [9.17, 15) is 0 Å². The fourth-order valence-corrected chi connectivity index (χ4v) is 7.08. The van der Waals surface area contributed by atoms with Crippen molar-refractivity contribution in [3.05, 3.63) is 149 Å². The number of halogens is 2. The summed E-state index contributed by atoms with van der Waals surface area (Å²) >= 11 is 0. The van der Waals surface area contributed by atoms with Crippen LogP contribution in [0, 0.1) is 12.1 Å². The normalized spacial score (nSPS) is 14.4. The van der Waals surface area contributed by atoms with Crippen molar-refractivity contribution in [2.24, 2.45) is 0 Å². The van der Waals surface area contributed by atoms with Crippen LogP contribution in [0.5, 0.6) is 0 Å². The Balaban J connectivity index is 0.00000544. The molecule has 8 heteroatoms. The summed E-state index contributed by atoms with van der Waals surface area (Å²) in [5, 5.41) is 0.652. The third-order valence-corrected chi connectivity index (χ3v) is 10.2. The molecule has 0 saturated heterocycles. The minimum atomic E-state index is -3.63. The molecule has 0 saturated carbocycles. The summed E-state index contributed by atoms with van der Waals surface area (Å²) in [4.78, 5) is 9.31. The molecule has 4 heterocycles. The molecule has 1 aliphatic rings. The molecule has 3 aromatic heterocycles. The van der Waals surface area contributed by atoms with E-state index in [-0.39, 0.29) is 66.6 Å². The van der Waals surface area contributed by atoms with E-state index in [0.29, 0.717) is 39.0 Å². The first-order valence-electron chi connectivity index (χ1n) is 20.4. The number of nitrogens with zero attached hydrogens (tertiary/aromatic N) is 5. The zero-order valence-electron chi connectivity index (χ0n) is 36.9. The number of alkyl halides is 2. The number of benzene rings is 4. The van der Waals surface area contributed by atoms with Gasteiger partial charge in [-0.05, 0) is 50.6 Å². The van der Waals surface area contributed by atoms with Gasteiger partial charge in [-0.1, -0.05) is 131 Å². The standard InChI is InChI=1S/C48H45F2N5.Pt/c1-45(2,3)31-22-24-51-43(29-31)55-41-19-14-23-52-44(41)36-21-20-32(28-42(36)55)48(49,50)34-25-33(46(4,5)6)26-35(27-34)53-30-54(40-18-13-12-17-39(40)53)38-16-11-10-15-37(38)47(7,8)9;/h10-26,29H,1-9H3;/q;+2/i12D,13D,17D,18D;. The molecule has 5 nitrogen and oxygen atoms in total. The van der Waals surface area contributed by atoms with Gasteiger partial charge in [-0.2, -0.15) is 18.2 Å². The van der Waals surface area contributed by atoms with E-state index >= 15 is 8.78 Å². The average molecular weight is 929 g/mol. The van der Waals surface area contributed by atoms with E-state index in [1.54, 1.807) is 29.1 Å². The summed E-state index contributed by atoms with van der Waals surface area (Å²) in [6, 6.07) is 29.4. The van der Waals surface area contributed by atoms with Crippen LogP contribution in [-0.4, -0.2) is 20.5 Å². The molecule has 4 aromatic carbocycles. The van der Waals surface area contributed by atoms with Crippen molar-refractivity contribution in [3.63, 3.8) is 0 Å². The topological polar surface area (TPSA) is 36.7 Å². The molecule has 0 fully saturated rings. The fourth-order valence-electron chi connectivity index (χ4n) is 7.08. The Morgan fingerprint density at radius 3 is 2.07 bits per heavy atom. The number of para-hydroxylation sites is 3. The quantitative estimate of drug-likeness (QED) is 0.127. The average Bonchev–Trinajstić information content (AvgIpc) is 3.75. The summed E-state index contributed by atoms with van der Waals surface area (Å²) in [5.41, 5.74) is 3.37. The zero-order valence-corrected chi connectivity index (χ0v) is 35.2. The largest absolute Gasteiger partial charge is 2.00 e. The summed E-state index contributed by atoms with van der Waals surface area (Å²) in [7, 11) is 0. The predicted octanol–water partition coefficient (Wildman–Crippen LogP) is 12.1. The van der Waals surface area contributed by atoms with E-state index in [0.717, 1.165) is 11.1 Å². The van der Waals surface area contributed by atoms with E-state index in [1.807, 2.05) is 73.9 Å². The van der Waals surface area contributed by atoms with Gasteiger partial charge in [0.05, 0.1) is 11.0 Å². The summed E-state index contributed by atoms with van der Waals surface area (Å²) in [5.74, 6) is -3.07. The number of fused-ring (bicyclic) bond motifs is 4. The minimum Gasteiger partial charge on any atom is -0.318 e. The second kappa shape index (κ2) is 13.8. The van der Waals surface area contributed by atoms with Crippen molar-refractivity contribution in [1.82, 2.24) is 23.7 Å². The van der Waals surface area contributed by atoms with Gasteiger partial charge in [0.25, 0.3) is 17.3 Å². The van der Waals surface area contributed by atoms with Gasteiger partial charge < -0.3 is 4.57 Å². The van der Waals surface area contributed by atoms with Crippen LogP contribution in [0.2, 0.25) is 0 Å². The van der Waals surface area contributed by atoms with Gasteiger partial charge in [0.2, 0.25) is 5.69 Å². The molecule has 0 aliphatic carbocycles. The SMILES string of the molecule is [2H]c1c([2H])c([2H])c2c(c1[2H])[N+](c1[c-]c(C(F)(F)c3[c-]c4c(cc3)c3ncccc3n4-c3cc(C(C)(C)C)ccn3)cc(C(C)(C)C)c1)=C=[N+]2c1ccccc1C(C)(C)C.[Pt+2]. The first-order valence-corrected chi connectivity index (χ1v) is 18.4. The van der Waals surface area contributed by atoms with E-state index in [1.165, 1.54) is 16.7 Å². The molecule has 284 valence electrons. The van der Waals surface area contributed by atoms with Crippen LogP contribution in [0.15, 0.2) is 109 Å². The van der Waals surface area contributed by atoms with Crippen LogP contribution < -0.4 is 9.15 Å². The van der Waals surface area contributed by atoms with Gasteiger partial charge in [-0.25, -0.2) is 13.8 Å². The van der Waals surface area contributed by atoms with Crippen LogP contribution in [0.4, 0.5) is 31.5 Å².